The summed E-state index contributed by atoms with van der Waals surface area (Å²) in [6, 6.07) is 8.06. The van der Waals surface area contributed by atoms with E-state index < -0.39 is 0 Å². The van der Waals surface area contributed by atoms with Crippen molar-refractivity contribution in [1.82, 2.24) is 0 Å². The number of hydrogen-bond donors (Lipinski definition) is 1. The third-order valence-electron chi connectivity index (χ3n) is 2.36. The molecule has 14 heavy (non-hydrogen) atoms. The van der Waals surface area contributed by atoms with Crippen molar-refractivity contribution in [2.75, 3.05) is 19.0 Å². The third kappa shape index (κ3) is 2.74. The van der Waals surface area contributed by atoms with Crippen LogP contribution in [0.5, 0.6) is 0 Å². The maximum absolute atomic E-state index is 9.74. The molecule has 1 rings (SSSR count). The number of anilines is 1. The van der Waals surface area contributed by atoms with Crippen LogP contribution in [0.25, 0.3) is 0 Å². The predicted octanol–water partition coefficient (Wildman–Crippen LogP) is 2.59. The summed E-state index contributed by atoms with van der Waals surface area (Å²) in [5.74, 6) is 0. The molecular formula is C12H19NO. The maximum atomic E-state index is 9.74. The zero-order chi connectivity index (χ0) is 10.6. The van der Waals surface area contributed by atoms with Gasteiger partial charge in [-0.05, 0) is 24.1 Å². The second-order valence-corrected chi connectivity index (χ2v) is 3.79. The van der Waals surface area contributed by atoms with Crippen LogP contribution >= 0.6 is 0 Å². The Morgan fingerprint density at radius 2 is 1.79 bits per heavy atom. The Hall–Kier alpha value is -1.02. The van der Waals surface area contributed by atoms with Crippen LogP contribution in [-0.4, -0.2) is 19.2 Å². The molecule has 1 unspecified atom stereocenters. The largest absolute Gasteiger partial charge is 0.388 e. The number of nitrogens with zero attached hydrogens (tertiary/aromatic N) is 1. The van der Waals surface area contributed by atoms with E-state index in [4.69, 9.17) is 0 Å². The fourth-order valence-corrected chi connectivity index (χ4v) is 1.43. The van der Waals surface area contributed by atoms with Crippen LogP contribution in [0.3, 0.4) is 0 Å². The summed E-state index contributed by atoms with van der Waals surface area (Å²) in [5.41, 5.74) is 2.18. The predicted molar refractivity (Wildman–Crippen MR) is 60.6 cm³/mol. The molecule has 2 nitrogen and oxygen atoms in total. The van der Waals surface area contributed by atoms with Gasteiger partial charge in [0.1, 0.15) is 0 Å². The standard InChI is InChI=1S/C12H19NO/c1-4-5-12(14)10-6-8-11(9-7-10)13(2)3/h6-9,12,14H,4-5H2,1-3H3. The van der Waals surface area contributed by atoms with Crippen molar-refractivity contribution in [3.05, 3.63) is 29.8 Å². The average molecular weight is 193 g/mol. The fourth-order valence-electron chi connectivity index (χ4n) is 1.43. The van der Waals surface area contributed by atoms with Crippen molar-refractivity contribution in [2.24, 2.45) is 0 Å². The van der Waals surface area contributed by atoms with Crippen LogP contribution in [0, 0.1) is 0 Å². The first kappa shape index (κ1) is 11.1. The van der Waals surface area contributed by atoms with Gasteiger partial charge < -0.3 is 10.0 Å². The summed E-state index contributed by atoms with van der Waals surface area (Å²) in [6.07, 6.45) is 1.54. The van der Waals surface area contributed by atoms with Crippen molar-refractivity contribution in [2.45, 2.75) is 25.9 Å². The fraction of sp³-hybridized carbons (Fsp3) is 0.500. The van der Waals surface area contributed by atoms with Crippen LogP contribution in [-0.2, 0) is 0 Å². The summed E-state index contributed by atoms with van der Waals surface area (Å²) in [4.78, 5) is 2.05. The summed E-state index contributed by atoms with van der Waals surface area (Å²) < 4.78 is 0. The quantitative estimate of drug-likeness (QED) is 0.794. The maximum Gasteiger partial charge on any atom is 0.0790 e. The van der Waals surface area contributed by atoms with E-state index in [1.807, 2.05) is 38.4 Å². The molecule has 78 valence electrons. The Morgan fingerprint density at radius 3 is 2.21 bits per heavy atom. The molecule has 0 fully saturated rings. The minimum atomic E-state index is -0.309. The Kier molecular flexibility index (Phi) is 3.96. The topological polar surface area (TPSA) is 23.5 Å². The lowest BCUT2D eigenvalue weighted by Gasteiger charge is -2.14. The Bertz CT molecular complexity index is 266. The van der Waals surface area contributed by atoms with E-state index in [2.05, 4.69) is 11.8 Å². The lowest BCUT2D eigenvalue weighted by Crippen LogP contribution is -2.08. The highest BCUT2D eigenvalue weighted by Crippen LogP contribution is 2.20. The van der Waals surface area contributed by atoms with Crippen molar-refractivity contribution < 1.29 is 5.11 Å². The van der Waals surface area contributed by atoms with Crippen molar-refractivity contribution >= 4 is 5.69 Å². The smallest absolute Gasteiger partial charge is 0.0790 e. The van der Waals surface area contributed by atoms with Gasteiger partial charge in [-0.1, -0.05) is 25.5 Å². The Morgan fingerprint density at radius 1 is 1.21 bits per heavy atom. The number of rotatable bonds is 4. The molecule has 0 spiro atoms. The van der Waals surface area contributed by atoms with E-state index in [1.54, 1.807) is 0 Å². The molecule has 1 aromatic rings. The Balaban J connectivity index is 2.72. The van der Waals surface area contributed by atoms with Gasteiger partial charge in [-0.2, -0.15) is 0 Å². The molecule has 0 amide bonds. The molecule has 0 saturated heterocycles. The molecule has 0 heterocycles. The molecule has 0 aliphatic carbocycles. The molecule has 0 aliphatic heterocycles. The zero-order valence-electron chi connectivity index (χ0n) is 9.20. The van der Waals surface area contributed by atoms with Gasteiger partial charge in [0.05, 0.1) is 6.10 Å². The van der Waals surface area contributed by atoms with Crippen molar-refractivity contribution in [3.63, 3.8) is 0 Å². The van der Waals surface area contributed by atoms with Gasteiger partial charge in [0, 0.05) is 19.8 Å². The van der Waals surface area contributed by atoms with Gasteiger partial charge in [0.2, 0.25) is 0 Å². The van der Waals surface area contributed by atoms with Crippen LogP contribution in [0.15, 0.2) is 24.3 Å². The summed E-state index contributed by atoms with van der Waals surface area (Å²) in [7, 11) is 4.02. The molecule has 0 aromatic heterocycles. The van der Waals surface area contributed by atoms with Crippen LogP contribution < -0.4 is 4.90 Å². The molecule has 0 aliphatic rings. The van der Waals surface area contributed by atoms with E-state index in [0.717, 1.165) is 24.1 Å². The number of aliphatic hydroxyl groups excluding tert-OH is 1. The molecule has 0 bridgehead atoms. The monoisotopic (exact) mass is 193 g/mol. The highest BCUT2D eigenvalue weighted by Gasteiger charge is 2.05. The van der Waals surface area contributed by atoms with E-state index in [-0.39, 0.29) is 6.10 Å². The molecule has 0 radical (unpaired) electrons. The van der Waals surface area contributed by atoms with E-state index in [9.17, 15) is 5.11 Å². The summed E-state index contributed by atoms with van der Waals surface area (Å²) in [5, 5.41) is 9.74. The lowest BCUT2D eigenvalue weighted by molar-refractivity contribution is 0.166. The number of hydrogen-bond acceptors (Lipinski definition) is 2. The third-order valence-corrected chi connectivity index (χ3v) is 2.36. The Labute approximate surface area is 86.2 Å². The number of aliphatic hydroxyl groups is 1. The molecule has 1 aromatic carbocycles. The first-order valence-corrected chi connectivity index (χ1v) is 5.10. The lowest BCUT2D eigenvalue weighted by atomic mass is 10.1. The zero-order valence-corrected chi connectivity index (χ0v) is 9.20. The molecule has 1 atom stereocenters. The highest BCUT2D eigenvalue weighted by molar-refractivity contribution is 5.46. The first-order valence-electron chi connectivity index (χ1n) is 5.10. The summed E-state index contributed by atoms with van der Waals surface area (Å²) >= 11 is 0. The summed E-state index contributed by atoms with van der Waals surface area (Å²) in [6.45, 7) is 2.08. The van der Waals surface area contributed by atoms with Gasteiger partial charge in [-0.15, -0.1) is 0 Å². The van der Waals surface area contributed by atoms with Gasteiger partial charge in [0.25, 0.3) is 0 Å². The number of benzene rings is 1. The molecule has 2 heteroatoms. The van der Waals surface area contributed by atoms with E-state index in [1.165, 1.54) is 0 Å². The van der Waals surface area contributed by atoms with Crippen LogP contribution in [0.4, 0.5) is 5.69 Å². The van der Waals surface area contributed by atoms with Crippen LogP contribution in [0.1, 0.15) is 31.4 Å². The SMILES string of the molecule is CCCC(O)c1ccc(N(C)C)cc1. The minimum Gasteiger partial charge on any atom is -0.388 e. The second-order valence-electron chi connectivity index (χ2n) is 3.79. The minimum absolute atomic E-state index is 0.309. The van der Waals surface area contributed by atoms with Gasteiger partial charge in [-0.25, -0.2) is 0 Å². The molecule has 0 saturated carbocycles. The molecule has 1 N–H and O–H groups in total. The van der Waals surface area contributed by atoms with Crippen molar-refractivity contribution in [3.8, 4) is 0 Å². The highest BCUT2D eigenvalue weighted by atomic mass is 16.3. The van der Waals surface area contributed by atoms with Crippen LogP contribution in [0.2, 0.25) is 0 Å². The van der Waals surface area contributed by atoms with Gasteiger partial charge in [-0.3, -0.25) is 0 Å². The van der Waals surface area contributed by atoms with E-state index >= 15 is 0 Å². The van der Waals surface area contributed by atoms with E-state index in [0.29, 0.717) is 0 Å². The first-order chi connectivity index (χ1) is 6.65. The van der Waals surface area contributed by atoms with Crippen molar-refractivity contribution in [1.29, 1.82) is 0 Å². The second kappa shape index (κ2) is 5.01. The van der Waals surface area contributed by atoms with Gasteiger partial charge >= 0.3 is 0 Å². The average Bonchev–Trinajstić information content (AvgIpc) is 2.18. The molecular weight excluding hydrogens is 174 g/mol. The normalized spacial score (nSPS) is 12.6. The van der Waals surface area contributed by atoms with Gasteiger partial charge in [0.15, 0.2) is 0 Å².